The molecule has 8 heteroatoms. The first-order chi connectivity index (χ1) is 13.3. The predicted octanol–water partition coefficient (Wildman–Crippen LogP) is 3.19. The van der Waals surface area contributed by atoms with Crippen molar-refractivity contribution in [2.24, 2.45) is 0 Å². The van der Waals surface area contributed by atoms with Crippen molar-refractivity contribution in [3.63, 3.8) is 0 Å². The fourth-order valence-electron chi connectivity index (χ4n) is 2.92. The lowest BCUT2D eigenvalue weighted by Crippen LogP contribution is -2.45. The molecule has 0 spiro atoms. The molecule has 1 fully saturated rings. The van der Waals surface area contributed by atoms with Crippen molar-refractivity contribution < 1.29 is 13.2 Å². The van der Waals surface area contributed by atoms with Gasteiger partial charge in [-0.05, 0) is 61.4 Å². The summed E-state index contributed by atoms with van der Waals surface area (Å²) in [5, 5.41) is 9.24. The predicted molar refractivity (Wildman–Crippen MR) is 111 cm³/mol. The van der Waals surface area contributed by atoms with Crippen LogP contribution in [0.4, 0.5) is 5.69 Å². The number of aryl methyl sites for hydroxylation is 2. The standard InChI is InChI=1S/C20H21N3O3S2/c1-14-3-6-17(11-15(14)2)22-28(25,26)19-7-4-16(5-8-19)20(24)23-9-10-27-13-18(23)12-21/h3-8,11,18,22H,9-10,13H2,1-2H3/t18-/m1/s1. The van der Waals surface area contributed by atoms with E-state index in [0.29, 0.717) is 23.5 Å². The van der Waals surface area contributed by atoms with Crippen LogP contribution < -0.4 is 4.72 Å². The minimum Gasteiger partial charge on any atom is -0.321 e. The Balaban J connectivity index is 1.78. The maximum Gasteiger partial charge on any atom is 0.261 e. The average Bonchev–Trinajstić information content (AvgIpc) is 2.70. The Morgan fingerprint density at radius 1 is 1.18 bits per heavy atom. The van der Waals surface area contributed by atoms with Crippen molar-refractivity contribution in [1.29, 1.82) is 5.26 Å². The second-order valence-corrected chi connectivity index (χ2v) is 9.48. The van der Waals surface area contributed by atoms with Gasteiger partial charge in [-0.3, -0.25) is 9.52 Å². The minimum atomic E-state index is -3.76. The number of benzene rings is 2. The Bertz CT molecular complexity index is 1030. The van der Waals surface area contributed by atoms with Gasteiger partial charge in [-0.15, -0.1) is 0 Å². The van der Waals surface area contributed by atoms with E-state index in [1.54, 1.807) is 28.8 Å². The number of rotatable bonds is 4. The highest BCUT2D eigenvalue weighted by molar-refractivity contribution is 7.99. The second kappa shape index (κ2) is 8.25. The number of hydrogen-bond donors (Lipinski definition) is 1. The molecule has 1 aliphatic rings. The first kappa shape index (κ1) is 20.2. The molecule has 0 bridgehead atoms. The summed E-state index contributed by atoms with van der Waals surface area (Å²) in [6, 6.07) is 12.9. The van der Waals surface area contributed by atoms with Gasteiger partial charge in [-0.2, -0.15) is 17.0 Å². The number of carbonyl (C=O) groups excluding carboxylic acids is 1. The Hall–Kier alpha value is -2.50. The number of nitrogens with zero attached hydrogens (tertiary/aromatic N) is 2. The van der Waals surface area contributed by atoms with Crippen LogP contribution in [0, 0.1) is 25.2 Å². The van der Waals surface area contributed by atoms with Crippen molar-refractivity contribution in [2.75, 3.05) is 22.8 Å². The van der Waals surface area contributed by atoms with Crippen LogP contribution in [0.2, 0.25) is 0 Å². The highest BCUT2D eigenvalue weighted by Crippen LogP contribution is 2.22. The molecule has 0 saturated carbocycles. The van der Waals surface area contributed by atoms with E-state index in [9.17, 15) is 18.5 Å². The van der Waals surface area contributed by atoms with E-state index in [1.807, 2.05) is 19.9 Å². The van der Waals surface area contributed by atoms with Gasteiger partial charge in [0.25, 0.3) is 15.9 Å². The van der Waals surface area contributed by atoms with Crippen molar-refractivity contribution in [3.05, 3.63) is 59.2 Å². The van der Waals surface area contributed by atoms with Crippen molar-refractivity contribution >= 4 is 33.4 Å². The number of anilines is 1. The van der Waals surface area contributed by atoms with E-state index < -0.39 is 16.1 Å². The number of carbonyl (C=O) groups is 1. The summed E-state index contributed by atoms with van der Waals surface area (Å²) in [6.45, 7) is 4.39. The van der Waals surface area contributed by atoms with Gasteiger partial charge in [-0.1, -0.05) is 6.07 Å². The number of amides is 1. The Labute approximate surface area is 169 Å². The molecule has 6 nitrogen and oxygen atoms in total. The third-order valence-corrected chi connectivity index (χ3v) is 7.13. The molecule has 0 aromatic heterocycles. The van der Waals surface area contributed by atoms with Gasteiger partial charge >= 0.3 is 0 Å². The van der Waals surface area contributed by atoms with Gasteiger partial charge in [0, 0.05) is 29.3 Å². The molecule has 1 amide bonds. The maximum absolute atomic E-state index is 12.7. The van der Waals surface area contributed by atoms with E-state index in [4.69, 9.17) is 0 Å². The fraction of sp³-hybridized carbons (Fsp3) is 0.300. The SMILES string of the molecule is Cc1ccc(NS(=O)(=O)c2ccc(C(=O)N3CCSC[C@H]3C#N)cc2)cc1C. The van der Waals surface area contributed by atoms with Gasteiger partial charge in [-0.25, -0.2) is 8.42 Å². The number of nitrogens with one attached hydrogen (secondary N) is 1. The highest BCUT2D eigenvalue weighted by Gasteiger charge is 2.28. The lowest BCUT2D eigenvalue weighted by molar-refractivity contribution is 0.0737. The summed E-state index contributed by atoms with van der Waals surface area (Å²) in [5.74, 6) is 1.13. The second-order valence-electron chi connectivity index (χ2n) is 6.65. The number of thioether (sulfide) groups is 1. The van der Waals surface area contributed by atoms with Gasteiger partial charge in [0.15, 0.2) is 0 Å². The molecule has 1 saturated heterocycles. The van der Waals surface area contributed by atoms with Crippen molar-refractivity contribution in [2.45, 2.75) is 24.8 Å². The molecule has 1 N–H and O–H groups in total. The van der Waals surface area contributed by atoms with E-state index in [0.717, 1.165) is 16.9 Å². The Morgan fingerprint density at radius 3 is 2.54 bits per heavy atom. The fourth-order valence-corrected chi connectivity index (χ4v) is 4.93. The van der Waals surface area contributed by atoms with Gasteiger partial charge in [0.05, 0.1) is 11.0 Å². The number of sulfonamides is 1. The van der Waals surface area contributed by atoms with Gasteiger partial charge in [0.2, 0.25) is 0 Å². The van der Waals surface area contributed by atoms with Crippen LogP contribution in [0.15, 0.2) is 47.4 Å². The monoisotopic (exact) mass is 415 g/mol. The number of nitriles is 1. The van der Waals surface area contributed by atoms with E-state index in [1.165, 1.54) is 24.3 Å². The summed E-state index contributed by atoms with van der Waals surface area (Å²) in [7, 11) is -3.76. The lowest BCUT2D eigenvalue weighted by Gasteiger charge is -2.31. The van der Waals surface area contributed by atoms with Crippen molar-refractivity contribution in [1.82, 2.24) is 4.90 Å². The molecule has 1 heterocycles. The van der Waals surface area contributed by atoms with E-state index in [-0.39, 0.29) is 10.8 Å². The van der Waals surface area contributed by atoms with Crippen LogP contribution in [-0.2, 0) is 10.0 Å². The summed E-state index contributed by atoms with van der Waals surface area (Å²) >= 11 is 1.65. The van der Waals surface area contributed by atoms with Crippen LogP contribution in [0.25, 0.3) is 0 Å². The Morgan fingerprint density at radius 2 is 1.89 bits per heavy atom. The van der Waals surface area contributed by atoms with E-state index in [2.05, 4.69) is 10.8 Å². The zero-order valence-corrected chi connectivity index (χ0v) is 17.3. The summed E-state index contributed by atoms with van der Waals surface area (Å²) in [5.41, 5.74) is 2.94. The van der Waals surface area contributed by atoms with Crippen molar-refractivity contribution in [3.8, 4) is 6.07 Å². The molecule has 0 radical (unpaired) electrons. The molecule has 28 heavy (non-hydrogen) atoms. The number of hydrogen-bond acceptors (Lipinski definition) is 5. The van der Waals surface area contributed by atoms with Gasteiger partial charge < -0.3 is 4.90 Å². The molecule has 0 aliphatic carbocycles. The molecule has 1 aliphatic heterocycles. The topological polar surface area (TPSA) is 90.3 Å². The van der Waals surface area contributed by atoms with Crippen LogP contribution in [0.1, 0.15) is 21.5 Å². The maximum atomic E-state index is 12.7. The zero-order chi connectivity index (χ0) is 20.3. The van der Waals surface area contributed by atoms with Crippen LogP contribution in [0.3, 0.4) is 0 Å². The highest BCUT2D eigenvalue weighted by atomic mass is 32.2. The minimum absolute atomic E-state index is 0.0771. The molecule has 146 valence electrons. The molecule has 3 rings (SSSR count). The molecule has 2 aromatic rings. The zero-order valence-electron chi connectivity index (χ0n) is 15.7. The smallest absolute Gasteiger partial charge is 0.261 e. The third kappa shape index (κ3) is 4.32. The summed E-state index contributed by atoms with van der Waals surface area (Å²) < 4.78 is 27.8. The third-order valence-electron chi connectivity index (χ3n) is 4.71. The van der Waals surface area contributed by atoms with Crippen LogP contribution in [-0.4, -0.2) is 43.3 Å². The lowest BCUT2D eigenvalue weighted by atomic mass is 10.1. The van der Waals surface area contributed by atoms with Crippen LogP contribution >= 0.6 is 11.8 Å². The normalized spacial score (nSPS) is 17.0. The largest absolute Gasteiger partial charge is 0.321 e. The summed E-state index contributed by atoms with van der Waals surface area (Å²) in [4.78, 5) is 14.3. The molecule has 0 unspecified atom stereocenters. The van der Waals surface area contributed by atoms with Crippen LogP contribution in [0.5, 0.6) is 0 Å². The first-order valence-electron chi connectivity index (χ1n) is 8.80. The molecule has 2 aromatic carbocycles. The summed E-state index contributed by atoms with van der Waals surface area (Å²) in [6.07, 6.45) is 0. The van der Waals surface area contributed by atoms with E-state index >= 15 is 0 Å². The molecular formula is C20H21N3O3S2. The molecular weight excluding hydrogens is 394 g/mol. The average molecular weight is 416 g/mol. The Kier molecular flexibility index (Phi) is 5.96. The molecule has 1 atom stereocenters. The quantitative estimate of drug-likeness (QED) is 0.828. The first-order valence-corrected chi connectivity index (χ1v) is 11.4. The van der Waals surface area contributed by atoms with Gasteiger partial charge in [0.1, 0.15) is 6.04 Å².